The maximum Gasteiger partial charge on any atom is 0.302 e. The number of ketones is 1. The third-order valence-electron chi connectivity index (χ3n) is 2.71. The number of rotatable bonds is 4. The maximum absolute atomic E-state index is 11.5. The van der Waals surface area contributed by atoms with Crippen molar-refractivity contribution in [3.05, 3.63) is 0 Å². The van der Waals surface area contributed by atoms with Crippen molar-refractivity contribution in [2.24, 2.45) is 11.8 Å². The van der Waals surface area contributed by atoms with E-state index in [2.05, 4.69) is 0 Å². The molecule has 1 rings (SSSR count). The minimum atomic E-state index is -0.397. The summed E-state index contributed by atoms with van der Waals surface area (Å²) in [7, 11) is 0. The van der Waals surface area contributed by atoms with Gasteiger partial charge in [-0.05, 0) is 6.42 Å². The minimum absolute atomic E-state index is 0.0178. The van der Waals surface area contributed by atoms with E-state index < -0.39 is 5.97 Å². The van der Waals surface area contributed by atoms with Crippen LogP contribution in [-0.4, -0.2) is 30.9 Å². The van der Waals surface area contributed by atoms with Crippen molar-refractivity contribution < 1.29 is 23.9 Å². The van der Waals surface area contributed by atoms with Gasteiger partial charge in [-0.2, -0.15) is 0 Å². The summed E-state index contributed by atoms with van der Waals surface area (Å²) in [4.78, 5) is 32.8. The molecule has 0 spiro atoms. The average molecular weight is 228 g/mol. The molecule has 1 saturated carbocycles. The number of carbonyl (C=O) groups excluding carboxylic acids is 3. The first-order chi connectivity index (χ1) is 7.50. The standard InChI is InChI=1S/C11H16O5/c1-7(12)15-5-9-3-4-11(14)10(9)6-16-8(2)13/h9-10H,3-6H2,1-2H3/t9-,10-/m0/s1. The molecule has 1 fully saturated rings. The summed E-state index contributed by atoms with van der Waals surface area (Å²) in [6, 6.07) is 0. The molecule has 0 aromatic heterocycles. The quantitative estimate of drug-likeness (QED) is 0.663. The normalized spacial score (nSPS) is 24.2. The molecule has 1 aliphatic rings. The third-order valence-corrected chi connectivity index (χ3v) is 2.71. The van der Waals surface area contributed by atoms with Crippen LogP contribution in [0.5, 0.6) is 0 Å². The Hall–Kier alpha value is -1.39. The molecular weight excluding hydrogens is 212 g/mol. The van der Waals surface area contributed by atoms with Gasteiger partial charge in [-0.3, -0.25) is 14.4 Å². The first-order valence-electron chi connectivity index (χ1n) is 5.30. The molecule has 0 amide bonds. The van der Waals surface area contributed by atoms with Gasteiger partial charge >= 0.3 is 11.9 Å². The van der Waals surface area contributed by atoms with E-state index in [0.29, 0.717) is 12.8 Å². The molecule has 2 atom stereocenters. The van der Waals surface area contributed by atoms with Crippen LogP contribution in [-0.2, 0) is 23.9 Å². The highest BCUT2D eigenvalue weighted by molar-refractivity contribution is 5.83. The summed E-state index contributed by atoms with van der Waals surface area (Å²) in [6.45, 7) is 2.96. The van der Waals surface area contributed by atoms with Gasteiger partial charge in [-0.1, -0.05) is 0 Å². The van der Waals surface area contributed by atoms with Crippen molar-refractivity contribution in [3.8, 4) is 0 Å². The highest BCUT2D eigenvalue weighted by Crippen LogP contribution is 2.29. The van der Waals surface area contributed by atoms with Crippen LogP contribution in [0.15, 0.2) is 0 Å². The number of Topliss-reactive ketones (excluding diaryl/α,β-unsaturated/α-hetero) is 1. The first kappa shape index (κ1) is 12.7. The van der Waals surface area contributed by atoms with Crippen molar-refractivity contribution in [2.75, 3.05) is 13.2 Å². The molecule has 5 heteroatoms. The summed E-state index contributed by atoms with van der Waals surface area (Å²) >= 11 is 0. The molecule has 0 unspecified atom stereocenters. The summed E-state index contributed by atoms with van der Waals surface area (Å²) in [6.07, 6.45) is 1.16. The topological polar surface area (TPSA) is 69.7 Å². The molecule has 1 aliphatic carbocycles. The van der Waals surface area contributed by atoms with Crippen molar-refractivity contribution >= 4 is 17.7 Å². The number of esters is 2. The van der Waals surface area contributed by atoms with Crippen LogP contribution in [0.2, 0.25) is 0 Å². The Morgan fingerprint density at radius 1 is 1.19 bits per heavy atom. The molecule has 0 heterocycles. The molecule has 0 bridgehead atoms. The number of hydrogen-bond acceptors (Lipinski definition) is 5. The van der Waals surface area contributed by atoms with Gasteiger partial charge in [0.2, 0.25) is 0 Å². The Kier molecular flexibility index (Phi) is 4.46. The molecular formula is C11H16O5. The van der Waals surface area contributed by atoms with Crippen LogP contribution in [0.4, 0.5) is 0 Å². The molecule has 0 aliphatic heterocycles. The average Bonchev–Trinajstić information content (AvgIpc) is 2.53. The van der Waals surface area contributed by atoms with Crippen LogP contribution in [0.3, 0.4) is 0 Å². The van der Waals surface area contributed by atoms with Crippen LogP contribution in [0.25, 0.3) is 0 Å². The predicted molar refractivity (Wildman–Crippen MR) is 54.5 cm³/mol. The van der Waals surface area contributed by atoms with Gasteiger partial charge in [0.05, 0.1) is 12.5 Å². The first-order valence-corrected chi connectivity index (χ1v) is 5.30. The highest BCUT2D eigenvalue weighted by atomic mass is 16.5. The van der Waals surface area contributed by atoms with E-state index in [1.165, 1.54) is 13.8 Å². The van der Waals surface area contributed by atoms with Gasteiger partial charge in [-0.25, -0.2) is 0 Å². The fourth-order valence-corrected chi connectivity index (χ4v) is 1.84. The van der Waals surface area contributed by atoms with E-state index in [1.54, 1.807) is 0 Å². The zero-order valence-corrected chi connectivity index (χ0v) is 9.52. The van der Waals surface area contributed by atoms with Gasteiger partial charge in [0.15, 0.2) is 0 Å². The second-order valence-electron chi connectivity index (χ2n) is 3.98. The lowest BCUT2D eigenvalue weighted by Crippen LogP contribution is -2.25. The van der Waals surface area contributed by atoms with Gasteiger partial charge in [-0.15, -0.1) is 0 Å². The Morgan fingerprint density at radius 2 is 1.75 bits per heavy atom. The van der Waals surface area contributed by atoms with Gasteiger partial charge in [0.25, 0.3) is 0 Å². The van der Waals surface area contributed by atoms with E-state index >= 15 is 0 Å². The minimum Gasteiger partial charge on any atom is -0.466 e. The Bertz CT molecular complexity index is 297. The predicted octanol–water partition coefficient (Wildman–Crippen LogP) is 0.708. The molecule has 0 saturated heterocycles. The van der Waals surface area contributed by atoms with E-state index in [4.69, 9.17) is 9.47 Å². The lowest BCUT2D eigenvalue weighted by atomic mass is 9.97. The number of carbonyl (C=O) groups is 3. The fourth-order valence-electron chi connectivity index (χ4n) is 1.84. The van der Waals surface area contributed by atoms with Gasteiger partial charge < -0.3 is 9.47 Å². The summed E-state index contributed by atoms with van der Waals surface area (Å²) < 4.78 is 9.71. The molecule has 0 aromatic carbocycles. The Morgan fingerprint density at radius 3 is 2.31 bits per heavy atom. The monoisotopic (exact) mass is 228 g/mol. The van der Waals surface area contributed by atoms with Gasteiger partial charge in [0, 0.05) is 26.2 Å². The molecule has 90 valence electrons. The molecule has 0 radical (unpaired) electrons. The van der Waals surface area contributed by atoms with Crippen LogP contribution >= 0.6 is 0 Å². The van der Waals surface area contributed by atoms with Crippen LogP contribution in [0.1, 0.15) is 26.7 Å². The van der Waals surface area contributed by atoms with E-state index in [-0.39, 0.29) is 36.8 Å². The van der Waals surface area contributed by atoms with E-state index in [1.807, 2.05) is 0 Å². The lowest BCUT2D eigenvalue weighted by Gasteiger charge is -2.17. The lowest BCUT2D eigenvalue weighted by molar-refractivity contribution is -0.147. The second kappa shape index (κ2) is 5.63. The zero-order valence-electron chi connectivity index (χ0n) is 9.52. The smallest absolute Gasteiger partial charge is 0.302 e. The molecule has 16 heavy (non-hydrogen) atoms. The van der Waals surface area contributed by atoms with Crippen molar-refractivity contribution in [2.45, 2.75) is 26.7 Å². The van der Waals surface area contributed by atoms with Crippen molar-refractivity contribution in [1.82, 2.24) is 0 Å². The van der Waals surface area contributed by atoms with E-state index in [9.17, 15) is 14.4 Å². The highest BCUT2D eigenvalue weighted by Gasteiger charge is 2.35. The summed E-state index contributed by atoms with van der Waals surface area (Å²) in [5.74, 6) is -1.01. The molecule has 0 N–H and O–H groups in total. The van der Waals surface area contributed by atoms with Crippen LogP contribution < -0.4 is 0 Å². The van der Waals surface area contributed by atoms with Gasteiger partial charge in [0.1, 0.15) is 12.4 Å². The molecule has 5 nitrogen and oxygen atoms in total. The zero-order chi connectivity index (χ0) is 12.1. The fraction of sp³-hybridized carbons (Fsp3) is 0.727. The second-order valence-corrected chi connectivity index (χ2v) is 3.98. The SMILES string of the molecule is CC(=O)OC[C@@H]1CCC(=O)[C@H]1COC(C)=O. The third kappa shape index (κ3) is 3.64. The van der Waals surface area contributed by atoms with E-state index in [0.717, 1.165) is 0 Å². The van der Waals surface area contributed by atoms with Crippen molar-refractivity contribution in [1.29, 1.82) is 0 Å². The number of hydrogen-bond donors (Lipinski definition) is 0. The van der Waals surface area contributed by atoms with Crippen LogP contribution in [0, 0.1) is 11.8 Å². The molecule has 0 aromatic rings. The Labute approximate surface area is 94.1 Å². The summed E-state index contributed by atoms with van der Waals surface area (Å²) in [5, 5.41) is 0. The van der Waals surface area contributed by atoms with Crippen molar-refractivity contribution in [3.63, 3.8) is 0 Å². The maximum atomic E-state index is 11.5. The summed E-state index contributed by atoms with van der Waals surface area (Å²) in [5.41, 5.74) is 0. The number of ether oxygens (including phenoxy) is 2. The largest absolute Gasteiger partial charge is 0.466 e. The Balaban J connectivity index is 2.45.